The smallest absolute Gasteiger partial charge is 0.306 e. The zero-order valence-electron chi connectivity index (χ0n) is 19.4. The number of carbonyl (C=O) groups excluding carboxylic acids is 2. The van der Waals surface area contributed by atoms with E-state index in [0.717, 1.165) is 50.6 Å². The highest BCUT2D eigenvalue weighted by atomic mass is 16.4. The monoisotopic (exact) mass is 467 g/mol. The summed E-state index contributed by atoms with van der Waals surface area (Å²) in [5.74, 6) is -1.04. The number of aliphatic carboxylic acids is 1. The van der Waals surface area contributed by atoms with Gasteiger partial charge in [-0.25, -0.2) is 9.97 Å². The Morgan fingerprint density at radius 2 is 1.74 bits per heavy atom. The molecular weight excluding hydrogens is 434 g/mol. The number of fused-ring (bicyclic) bond motifs is 1. The van der Waals surface area contributed by atoms with Crippen molar-refractivity contribution in [1.82, 2.24) is 25.6 Å². The SMILES string of the molecule is O=C(N[C@@H](C(=O)N[C@H]1CC[C@H](C(=O)O)CC1)C1CCCCC1)c1c[nH]c2ncc(C3CC3)nc12. The number of carboxylic acid groups (broad SMARTS) is 1. The molecule has 4 N–H and O–H groups in total. The van der Waals surface area contributed by atoms with Crippen LogP contribution in [0.1, 0.15) is 92.6 Å². The molecule has 0 aromatic carbocycles. The first kappa shape index (κ1) is 22.8. The molecule has 0 radical (unpaired) electrons. The summed E-state index contributed by atoms with van der Waals surface area (Å²) in [6, 6.07) is -0.666. The molecule has 2 heterocycles. The largest absolute Gasteiger partial charge is 0.481 e. The summed E-state index contributed by atoms with van der Waals surface area (Å²) in [4.78, 5) is 50.1. The van der Waals surface area contributed by atoms with Crippen LogP contribution < -0.4 is 10.6 Å². The summed E-state index contributed by atoms with van der Waals surface area (Å²) < 4.78 is 0. The van der Waals surface area contributed by atoms with E-state index < -0.39 is 12.0 Å². The minimum absolute atomic E-state index is 0.0499. The maximum atomic E-state index is 13.4. The van der Waals surface area contributed by atoms with Crippen LogP contribution in [0.25, 0.3) is 11.2 Å². The third-order valence-corrected chi connectivity index (χ3v) is 7.75. The highest BCUT2D eigenvalue weighted by Crippen LogP contribution is 2.39. The summed E-state index contributed by atoms with van der Waals surface area (Å²) in [7, 11) is 0. The normalized spacial score (nSPS) is 24.5. The number of aromatic nitrogens is 3. The minimum atomic E-state index is -0.760. The highest BCUT2D eigenvalue weighted by molar-refractivity contribution is 6.06. The second-order valence-electron chi connectivity index (χ2n) is 10.2. The number of H-pyrrole nitrogens is 1. The molecule has 182 valence electrons. The van der Waals surface area contributed by atoms with Gasteiger partial charge in [-0.1, -0.05) is 19.3 Å². The molecule has 3 fully saturated rings. The molecule has 34 heavy (non-hydrogen) atoms. The van der Waals surface area contributed by atoms with Crippen LogP contribution in [-0.4, -0.2) is 49.9 Å². The van der Waals surface area contributed by atoms with E-state index in [2.05, 4.69) is 20.6 Å². The lowest BCUT2D eigenvalue weighted by Crippen LogP contribution is -2.54. The van der Waals surface area contributed by atoms with E-state index in [9.17, 15) is 19.5 Å². The molecular formula is C25H33N5O4. The molecule has 2 aromatic heterocycles. The fraction of sp³-hybridized carbons (Fsp3) is 0.640. The Hall–Kier alpha value is -2.97. The molecule has 3 aliphatic rings. The van der Waals surface area contributed by atoms with E-state index in [1.54, 1.807) is 12.4 Å². The molecule has 2 aromatic rings. The molecule has 9 heteroatoms. The first-order valence-corrected chi connectivity index (χ1v) is 12.7. The Morgan fingerprint density at radius 3 is 2.41 bits per heavy atom. The summed E-state index contributed by atoms with van der Waals surface area (Å²) in [5, 5.41) is 15.4. The first-order valence-electron chi connectivity index (χ1n) is 12.7. The average molecular weight is 468 g/mol. The van der Waals surface area contributed by atoms with Crippen LogP contribution in [-0.2, 0) is 9.59 Å². The Balaban J connectivity index is 1.30. The van der Waals surface area contributed by atoms with Crippen molar-refractivity contribution in [3.8, 4) is 0 Å². The maximum Gasteiger partial charge on any atom is 0.306 e. The molecule has 0 unspecified atom stereocenters. The lowest BCUT2D eigenvalue weighted by Gasteiger charge is -2.33. The second-order valence-corrected chi connectivity index (χ2v) is 10.2. The lowest BCUT2D eigenvalue weighted by atomic mass is 9.82. The molecule has 3 aliphatic carbocycles. The molecule has 2 amide bonds. The van der Waals surface area contributed by atoms with Gasteiger partial charge in [-0.2, -0.15) is 0 Å². The Morgan fingerprint density at radius 1 is 1.00 bits per heavy atom. The first-order chi connectivity index (χ1) is 16.5. The number of nitrogens with zero attached hydrogens (tertiary/aromatic N) is 2. The van der Waals surface area contributed by atoms with Crippen LogP contribution in [0.2, 0.25) is 0 Å². The predicted octanol–water partition coefficient (Wildman–Crippen LogP) is 3.27. The molecule has 1 atom stereocenters. The van der Waals surface area contributed by atoms with Gasteiger partial charge in [-0.15, -0.1) is 0 Å². The Kier molecular flexibility index (Phi) is 6.52. The Bertz CT molecular complexity index is 1060. The van der Waals surface area contributed by atoms with Gasteiger partial charge in [-0.3, -0.25) is 14.4 Å². The number of hydrogen-bond acceptors (Lipinski definition) is 5. The minimum Gasteiger partial charge on any atom is -0.481 e. The summed E-state index contributed by atoms with van der Waals surface area (Å²) in [6.45, 7) is 0. The summed E-state index contributed by atoms with van der Waals surface area (Å²) >= 11 is 0. The number of amides is 2. The van der Waals surface area contributed by atoms with Gasteiger partial charge in [0.25, 0.3) is 5.91 Å². The van der Waals surface area contributed by atoms with Gasteiger partial charge >= 0.3 is 5.97 Å². The number of carboxylic acids is 1. The van der Waals surface area contributed by atoms with Crippen LogP contribution in [0.5, 0.6) is 0 Å². The van der Waals surface area contributed by atoms with Crippen molar-refractivity contribution < 1.29 is 19.5 Å². The molecule has 0 aliphatic heterocycles. The van der Waals surface area contributed by atoms with Gasteiger partial charge in [-0.05, 0) is 57.3 Å². The van der Waals surface area contributed by atoms with Crippen molar-refractivity contribution in [3.05, 3.63) is 23.7 Å². The highest BCUT2D eigenvalue weighted by Gasteiger charge is 2.34. The zero-order valence-corrected chi connectivity index (χ0v) is 19.4. The van der Waals surface area contributed by atoms with Crippen molar-refractivity contribution in [2.24, 2.45) is 11.8 Å². The third kappa shape index (κ3) is 4.93. The Labute approximate surface area is 198 Å². The fourth-order valence-corrected chi connectivity index (χ4v) is 5.51. The molecule has 5 rings (SSSR count). The fourth-order valence-electron chi connectivity index (χ4n) is 5.51. The number of carbonyl (C=O) groups is 3. The van der Waals surface area contributed by atoms with Gasteiger partial charge in [0.2, 0.25) is 5.91 Å². The van der Waals surface area contributed by atoms with E-state index in [0.29, 0.717) is 48.3 Å². The molecule has 0 saturated heterocycles. The van der Waals surface area contributed by atoms with Gasteiger partial charge < -0.3 is 20.7 Å². The molecule has 0 spiro atoms. The van der Waals surface area contributed by atoms with Crippen LogP contribution >= 0.6 is 0 Å². The molecule has 0 bridgehead atoms. The predicted molar refractivity (Wildman–Crippen MR) is 125 cm³/mol. The van der Waals surface area contributed by atoms with Crippen molar-refractivity contribution in [3.63, 3.8) is 0 Å². The van der Waals surface area contributed by atoms with Gasteiger partial charge in [0.05, 0.1) is 23.4 Å². The van der Waals surface area contributed by atoms with Gasteiger partial charge in [0.1, 0.15) is 11.6 Å². The van der Waals surface area contributed by atoms with Crippen molar-refractivity contribution >= 4 is 28.9 Å². The average Bonchev–Trinajstić information content (AvgIpc) is 3.62. The number of nitrogens with one attached hydrogen (secondary N) is 3. The number of rotatable bonds is 7. The van der Waals surface area contributed by atoms with Crippen LogP contribution in [0.15, 0.2) is 12.4 Å². The maximum absolute atomic E-state index is 13.4. The van der Waals surface area contributed by atoms with Gasteiger partial charge in [0.15, 0.2) is 5.65 Å². The number of aromatic amines is 1. The van der Waals surface area contributed by atoms with Crippen molar-refractivity contribution in [2.75, 3.05) is 0 Å². The summed E-state index contributed by atoms with van der Waals surface area (Å²) in [5.41, 5.74) is 2.46. The lowest BCUT2D eigenvalue weighted by molar-refractivity contribution is -0.142. The van der Waals surface area contributed by atoms with Crippen molar-refractivity contribution in [2.45, 2.75) is 88.6 Å². The topological polar surface area (TPSA) is 137 Å². The van der Waals surface area contributed by atoms with E-state index in [1.165, 1.54) is 0 Å². The van der Waals surface area contributed by atoms with Crippen LogP contribution in [0, 0.1) is 11.8 Å². The second kappa shape index (κ2) is 9.72. The summed E-state index contributed by atoms with van der Waals surface area (Å²) in [6.07, 6.45) is 13.1. The molecule has 9 nitrogen and oxygen atoms in total. The third-order valence-electron chi connectivity index (χ3n) is 7.75. The standard InChI is InChI=1S/C25H33N5O4/c31-23(18-12-26-22-21(18)29-19(13-27-22)14-6-7-14)30-20(15-4-2-1-3-5-15)24(32)28-17-10-8-16(9-11-17)25(33)34/h12-17,20H,1-11H2,(H,26,27)(H,28,32)(H,30,31)(H,33,34)/t16-,17-,20-/m1/s1. The number of hydrogen-bond donors (Lipinski definition) is 4. The quantitative estimate of drug-likeness (QED) is 0.493. The van der Waals surface area contributed by atoms with E-state index >= 15 is 0 Å². The van der Waals surface area contributed by atoms with Crippen LogP contribution in [0.4, 0.5) is 0 Å². The van der Waals surface area contributed by atoms with Crippen LogP contribution in [0.3, 0.4) is 0 Å². The van der Waals surface area contributed by atoms with E-state index in [1.807, 2.05) is 0 Å². The van der Waals surface area contributed by atoms with E-state index in [4.69, 9.17) is 4.98 Å². The zero-order chi connectivity index (χ0) is 23.7. The van der Waals surface area contributed by atoms with Gasteiger partial charge in [0, 0.05) is 18.2 Å². The van der Waals surface area contributed by atoms with Crippen molar-refractivity contribution in [1.29, 1.82) is 0 Å². The van der Waals surface area contributed by atoms with E-state index in [-0.39, 0.29) is 29.7 Å². The molecule has 3 saturated carbocycles.